The second-order valence-electron chi connectivity index (χ2n) is 8.51. The van der Waals surface area contributed by atoms with Gasteiger partial charge in [0.15, 0.2) is 0 Å². The Balaban J connectivity index is 1.23. The first-order chi connectivity index (χ1) is 15.1. The standard InChI is InChI=1S/C25H31ClN2O3/c1-2-30-22-8-9-24(26)21(15-22)14-19-10-12-27(13-11-19)17-23-18-28(25(29)31-23)16-20-6-4-3-5-7-20/h3-9,15,19,23H,2,10-14,16-18H2,1H3. The maximum atomic E-state index is 12.3. The first kappa shape index (κ1) is 22.0. The minimum absolute atomic E-state index is 0.0509. The van der Waals surface area contributed by atoms with Crippen LogP contribution >= 0.6 is 11.6 Å². The van der Waals surface area contributed by atoms with Crippen molar-refractivity contribution in [1.82, 2.24) is 9.80 Å². The number of piperidine rings is 1. The van der Waals surface area contributed by atoms with Crippen LogP contribution < -0.4 is 4.74 Å². The molecule has 1 atom stereocenters. The van der Waals surface area contributed by atoms with Gasteiger partial charge in [0.2, 0.25) is 0 Å². The van der Waals surface area contributed by atoms with Crippen molar-refractivity contribution in [3.63, 3.8) is 0 Å². The molecule has 1 unspecified atom stereocenters. The van der Waals surface area contributed by atoms with Gasteiger partial charge < -0.3 is 14.4 Å². The van der Waals surface area contributed by atoms with Crippen LogP contribution in [-0.2, 0) is 17.7 Å². The average molecular weight is 443 g/mol. The molecule has 4 rings (SSSR count). The van der Waals surface area contributed by atoms with E-state index in [1.165, 1.54) is 5.56 Å². The van der Waals surface area contributed by atoms with Crippen LogP contribution in [0.3, 0.4) is 0 Å². The smallest absolute Gasteiger partial charge is 0.410 e. The van der Waals surface area contributed by atoms with E-state index in [2.05, 4.69) is 11.0 Å². The van der Waals surface area contributed by atoms with Crippen molar-refractivity contribution in [3.8, 4) is 5.75 Å². The third-order valence-electron chi connectivity index (χ3n) is 6.17. The summed E-state index contributed by atoms with van der Waals surface area (Å²) < 4.78 is 11.3. The number of carbonyl (C=O) groups excluding carboxylic acids is 1. The summed E-state index contributed by atoms with van der Waals surface area (Å²) in [6.45, 7) is 6.79. The second kappa shape index (κ2) is 10.4. The Hall–Kier alpha value is -2.24. The quantitative estimate of drug-likeness (QED) is 0.576. The lowest BCUT2D eigenvalue weighted by atomic mass is 9.90. The number of halogens is 1. The number of cyclic esters (lactones) is 1. The Morgan fingerprint density at radius 3 is 2.65 bits per heavy atom. The Morgan fingerprint density at radius 1 is 1.13 bits per heavy atom. The molecule has 0 saturated carbocycles. The molecule has 2 fully saturated rings. The van der Waals surface area contributed by atoms with E-state index < -0.39 is 0 Å². The van der Waals surface area contributed by atoms with E-state index in [1.54, 1.807) is 4.90 Å². The molecule has 2 saturated heterocycles. The van der Waals surface area contributed by atoms with Crippen molar-refractivity contribution in [1.29, 1.82) is 0 Å². The van der Waals surface area contributed by atoms with E-state index in [4.69, 9.17) is 21.1 Å². The molecule has 5 nitrogen and oxygen atoms in total. The Bertz CT molecular complexity index is 868. The highest BCUT2D eigenvalue weighted by molar-refractivity contribution is 6.31. The molecule has 0 aromatic heterocycles. The topological polar surface area (TPSA) is 42.0 Å². The Kier molecular flexibility index (Phi) is 7.36. The minimum Gasteiger partial charge on any atom is -0.494 e. The normalized spacial score (nSPS) is 20.1. The summed E-state index contributed by atoms with van der Waals surface area (Å²) in [6.07, 6.45) is 2.99. The minimum atomic E-state index is -0.201. The fraction of sp³-hybridized carbons (Fsp3) is 0.480. The summed E-state index contributed by atoms with van der Waals surface area (Å²) in [5.41, 5.74) is 2.31. The van der Waals surface area contributed by atoms with Gasteiger partial charge in [-0.2, -0.15) is 0 Å². The number of benzene rings is 2. The molecule has 2 heterocycles. The largest absolute Gasteiger partial charge is 0.494 e. The lowest BCUT2D eigenvalue weighted by molar-refractivity contribution is 0.0904. The fourth-order valence-corrected chi connectivity index (χ4v) is 4.73. The highest BCUT2D eigenvalue weighted by Crippen LogP contribution is 2.29. The predicted octanol–water partition coefficient (Wildman–Crippen LogP) is 5.01. The zero-order valence-electron chi connectivity index (χ0n) is 18.1. The van der Waals surface area contributed by atoms with Crippen LogP contribution in [0.1, 0.15) is 30.9 Å². The van der Waals surface area contributed by atoms with E-state index in [9.17, 15) is 4.79 Å². The summed E-state index contributed by atoms with van der Waals surface area (Å²) in [6, 6.07) is 16.0. The number of amides is 1. The molecule has 0 bridgehead atoms. The molecular formula is C25H31ClN2O3. The summed E-state index contributed by atoms with van der Waals surface area (Å²) in [4.78, 5) is 16.5. The molecule has 0 N–H and O–H groups in total. The summed E-state index contributed by atoms with van der Waals surface area (Å²) >= 11 is 6.42. The highest BCUT2D eigenvalue weighted by atomic mass is 35.5. The number of carbonyl (C=O) groups is 1. The number of rotatable bonds is 8. The van der Waals surface area contributed by atoms with Gasteiger partial charge in [0, 0.05) is 18.1 Å². The first-order valence-electron chi connectivity index (χ1n) is 11.2. The number of likely N-dealkylation sites (tertiary alicyclic amines) is 1. The predicted molar refractivity (Wildman–Crippen MR) is 123 cm³/mol. The van der Waals surface area contributed by atoms with Gasteiger partial charge in [-0.25, -0.2) is 4.79 Å². The van der Waals surface area contributed by atoms with Gasteiger partial charge in [-0.3, -0.25) is 4.90 Å². The van der Waals surface area contributed by atoms with E-state index in [0.29, 0.717) is 25.6 Å². The highest BCUT2D eigenvalue weighted by Gasteiger charge is 2.33. The van der Waals surface area contributed by atoms with Crippen molar-refractivity contribution < 1.29 is 14.3 Å². The lowest BCUT2D eigenvalue weighted by Gasteiger charge is -2.33. The third-order valence-corrected chi connectivity index (χ3v) is 6.54. The van der Waals surface area contributed by atoms with Gasteiger partial charge in [0.05, 0.1) is 13.2 Å². The van der Waals surface area contributed by atoms with Gasteiger partial charge in [-0.15, -0.1) is 0 Å². The molecule has 0 aliphatic carbocycles. The molecule has 2 aliphatic rings. The molecule has 2 aliphatic heterocycles. The van der Waals surface area contributed by atoms with Gasteiger partial charge in [-0.05, 0) is 74.5 Å². The van der Waals surface area contributed by atoms with Crippen LogP contribution in [0.2, 0.25) is 5.02 Å². The van der Waals surface area contributed by atoms with E-state index in [-0.39, 0.29) is 12.2 Å². The molecule has 31 heavy (non-hydrogen) atoms. The Morgan fingerprint density at radius 2 is 1.90 bits per heavy atom. The maximum absolute atomic E-state index is 12.3. The lowest BCUT2D eigenvalue weighted by Crippen LogP contribution is -2.40. The van der Waals surface area contributed by atoms with Crippen LogP contribution in [0.5, 0.6) is 5.75 Å². The van der Waals surface area contributed by atoms with Gasteiger partial charge >= 0.3 is 6.09 Å². The number of ether oxygens (including phenoxy) is 2. The van der Waals surface area contributed by atoms with Gasteiger partial charge in [0.1, 0.15) is 11.9 Å². The monoisotopic (exact) mass is 442 g/mol. The SMILES string of the molecule is CCOc1ccc(Cl)c(CC2CCN(CC3CN(Cc4ccccc4)C(=O)O3)CC2)c1. The molecule has 0 radical (unpaired) electrons. The fourth-order valence-electron chi connectivity index (χ4n) is 4.54. The maximum Gasteiger partial charge on any atom is 0.410 e. The van der Waals surface area contributed by atoms with Crippen LogP contribution in [0.25, 0.3) is 0 Å². The number of nitrogens with zero attached hydrogens (tertiary/aromatic N) is 2. The molecule has 6 heteroatoms. The molecule has 2 aromatic rings. The molecule has 166 valence electrons. The van der Waals surface area contributed by atoms with Crippen molar-refractivity contribution in [2.45, 2.75) is 38.8 Å². The zero-order chi connectivity index (χ0) is 21.6. The molecular weight excluding hydrogens is 412 g/mol. The van der Waals surface area contributed by atoms with Crippen LogP contribution in [0.15, 0.2) is 48.5 Å². The summed E-state index contributed by atoms with van der Waals surface area (Å²) in [7, 11) is 0. The van der Waals surface area contributed by atoms with Gasteiger partial charge in [0.25, 0.3) is 0 Å². The summed E-state index contributed by atoms with van der Waals surface area (Å²) in [5.74, 6) is 1.51. The number of hydrogen-bond donors (Lipinski definition) is 0. The van der Waals surface area contributed by atoms with E-state index >= 15 is 0 Å². The van der Waals surface area contributed by atoms with E-state index in [1.807, 2.05) is 49.4 Å². The second-order valence-corrected chi connectivity index (χ2v) is 8.91. The Labute approximate surface area is 189 Å². The third kappa shape index (κ3) is 5.92. The van der Waals surface area contributed by atoms with Gasteiger partial charge in [-0.1, -0.05) is 41.9 Å². The van der Waals surface area contributed by atoms with Crippen LogP contribution in [-0.4, -0.2) is 54.8 Å². The van der Waals surface area contributed by atoms with Crippen molar-refractivity contribution in [2.24, 2.45) is 5.92 Å². The van der Waals surface area contributed by atoms with Crippen molar-refractivity contribution in [3.05, 3.63) is 64.7 Å². The van der Waals surface area contributed by atoms with Crippen LogP contribution in [0.4, 0.5) is 4.79 Å². The van der Waals surface area contributed by atoms with E-state index in [0.717, 1.165) is 55.2 Å². The van der Waals surface area contributed by atoms with Crippen molar-refractivity contribution in [2.75, 3.05) is 32.8 Å². The molecule has 1 amide bonds. The average Bonchev–Trinajstić information content (AvgIpc) is 3.11. The molecule has 2 aromatic carbocycles. The number of hydrogen-bond acceptors (Lipinski definition) is 4. The zero-order valence-corrected chi connectivity index (χ0v) is 18.9. The first-order valence-corrected chi connectivity index (χ1v) is 11.6. The summed E-state index contributed by atoms with van der Waals surface area (Å²) in [5, 5.41) is 0.822. The van der Waals surface area contributed by atoms with Crippen molar-refractivity contribution >= 4 is 17.7 Å². The molecule has 0 spiro atoms. The van der Waals surface area contributed by atoms with Crippen LogP contribution in [0, 0.1) is 5.92 Å².